The van der Waals surface area contributed by atoms with Crippen molar-refractivity contribution < 1.29 is 24.3 Å². The van der Waals surface area contributed by atoms with Crippen LogP contribution in [0.2, 0.25) is 0 Å². The van der Waals surface area contributed by atoms with E-state index >= 15 is 0 Å². The molecule has 10 heteroatoms. The Morgan fingerprint density at radius 1 is 1.17 bits per heavy atom. The first kappa shape index (κ1) is 22.7. The maximum atomic E-state index is 13.1. The Kier molecular flexibility index (Phi) is 8.47. The standard InChI is InChI=1S/C19H26N4O5S/c20-10-16(24)21-14(11-29)17(25)22-13(9-12-5-2-1-3-6-12)18(26)23-8-4-7-15(23)19(27)28/h1-3,5-6,13-15,29H,4,7-11,20H2,(H,21,24)(H,22,25)(H,27,28). The first-order valence-corrected chi connectivity index (χ1v) is 9.98. The highest BCUT2D eigenvalue weighted by Crippen LogP contribution is 2.19. The number of likely N-dealkylation sites (tertiary alicyclic amines) is 1. The summed E-state index contributed by atoms with van der Waals surface area (Å²) in [6.07, 6.45) is 1.15. The summed E-state index contributed by atoms with van der Waals surface area (Å²) in [7, 11) is 0. The van der Waals surface area contributed by atoms with Crippen molar-refractivity contribution in [3.8, 4) is 0 Å². The fourth-order valence-electron chi connectivity index (χ4n) is 3.26. The number of carbonyl (C=O) groups is 4. The van der Waals surface area contributed by atoms with Gasteiger partial charge in [0, 0.05) is 18.7 Å². The first-order chi connectivity index (χ1) is 13.9. The van der Waals surface area contributed by atoms with Gasteiger partial charge in [-0.25, -0.2) is 4.79 Å². The third kappa shape index (κ3) is 6.20. The number of nitrogens with zero attached hydrogens (tertiary/aromatic N) is 1. The topological polar surface area (TPSA) is 142 Å². The number of thiol groups is 1. The molecule has 0 aromatic heterocycles. The number of benzene rings is 1. The lowest BCUT2D eigenvalue weighted by atomic mass is 10.0. The molecule has 5 N–H and O–H groups in total. The van der Waals surface area contributed by atoms with Crippen molar-refractivity contribution in [3.63, 3.8) is 0 Å². The molecule has 2 rings (SSSR count). The van der Waals surface area contributed by atoms with Gasteiger partial charge in [-0.05, 0) is 18.4 Å². The number of nitrogens with one attached hydrogen (secondary N) is 2. The predicted octanol–water partition coefficient (Wildman–Crippen LogP) is -0.837. The van der Waals surface area contributed by atoms with E-state index < -0.39 is 41.8 Å². The van der Waals surface area contributed by atoms with E-state index in [0.29, 0.717) is 19.4 Å². The second-order valence-corrected chi connectivity index (χ2v) is 7.15. The lowest BCUT2D eigenvalue weighted by molar-refractivity contribution is -0.149. The molecular formula is C19H26N4O5S. The molecule has 0 saturated carbocycles. The molecule has 9 nitrogen and oxygen atoms in total. The molecule has 0 aliphatic carbocycles. The zero-order valence-corrected chi connectivity index (χ0v) is 16.8. The zero-order chi connectivity index (χ0) is 21.4. The van der Waals surface area contributed by atoms with Gasteiger partial charge < -0.3 is 26.4 Å². The quantitative estimate of drug-likeness (QED) is 0.329. The highest BCUT2D eigenvalue weighted by Gasteiger charge is 2.38. The van der Waals surface area contributed by atoms with E-state index in [4.69, 9.17) is 5.73 Å². The van der Waals surface area contributed by atoms with Gasteiger partial charge in [-0.15, -0.1) is 0 Å². The van der Waals surface area contributed by atoms with E-state index in [1.165, 1.54) is 4.90 Å². The van der Waals surface area contributed by atoms with Crippen molar-refractivity contribution >= 4 is 36.3 Å². The van der Waals surface area contributed by atoms with Crippen LogP contribution in [0.25, 0.3) is 0 Å². The summed E-state index contributed by atoms with van der Waals surface area (Å²) in [5, 5.41) is 14.5. The molecule has 1 aromatic rings. The molecule has 3 amide bonds. The van der Waals surface area contributed by atoms with Crippen molar-refractivity contribution in [2.75, 3.05) is 18.8 Å². The van der Waals surface area contributed by atoms with Crippen LogP contribution in [0, 0.1) is 0 Å². The molecule has 158 valence electrons. The molecule has 1 aliphatic heterocycles. The van der Waals surface area contributed by atoms with Gasteiger partial charge in [0.15, 0.2) is 0 Å². The summed E-state index contributed by atoms with van der Waals surface area (Å²) >= 11 is 4.08. The van der Waals surface area contributed by atoms with Crippen molar-refractivity contribution in [2.24, 2.45) is 5.73 Å². The number of nitrogens with two attached hydrogens (primary N) is 1. The highest BCUT2D eigenvalue weighted by atomic mass is 32.1. The molecule has 1 fully saturated rings. The maximum absolute atomic E-state index is 13.1. The van der Waals surface area contributed by atoms with E-state index in [-0.39, 0.29) is 18.7 Å². The molecule has 29 heavy (non-hydrogen) atoms. The lowest BCUT2D eigenvalue weighted by Crippen LogP contribution is -2.57. The Hall–Kier alpha value is -2.59. The van der Waals surface area contributed by atoms with Gasteiger partial charge in [0.1, 0.15) is 18.1 Å². The average Bonchev–Trinajstić information content (AvgIpc) is 3.21. The number of hydrogen-bond donors (Lipinski definition) is 5. The van der Waals surface area contributed by atoms with Gasteiger partial charge in [0.05, 0.1) is 6.54 Å². The second kappa shape index (κ2) is 10.8. The van der Waals surface area contributed by atoms with Gasteiger partial charge in [-0.2, -0.15) is 12.6 Å². The van der Waals surface area contributed by atoms with Crippen LogP contribution in [0.3, 0.4) is 0 Å². The molecule has 1 saturated heterocycles. The van der Waals surface area contributed by atoms with E-state index in [9.17, 15) is 24.3 Å². The fourth-order valence-corrected chi connectivity index (χ4v) is 3.51. The zero-order valence-electron chi connectivity index (χ0n) is 15.9. The smallest absolute Gasteiger partial charge is 0.326 e. The molecule has 3 atom stereocenters. The average molecular weight is 423 g/mol. The maximum Gasteiger partial charge on any atom is 0.326 e. The van der Waals surface area contributed by atoms with Gasteiger partial charge in [0.2, 0.25) is 17.7 Å². The minimum atomic E-state index is -1.07. The Morgan fingerprint density at radius 2 is 1.86 bits per heavy atom. The lowest BCUT2D eigenvalue weighted by Gasteiger charge is -2.28. The third-order valence-corrected chi connectivity index (χ3v) is 5.10. The van der Waals surface area contributed by atoms with Gasteiger partial charge in [0.25, 0.3) is 0 Å². The minimum Gasteiger partial charge on any atom is -0.480 e. The Bertz CT molecular complexity index is 745. The van der Waals surface area contributed by atoms with Crippen molar-refractivity contribution in [2.45, 2.75) is 37.4 Å². The summed E-state index contributed by atoms with van der Waals surface area (Å²) in [6, 6.07) is 6.25. The van der Waals surface area contributed by atoms with Crippen molar-refractivity contribution in [1.29, 1.82) is 0 Å². The molecule has 1 aromatic carbocycles. The molecular weight excluding hydrogens is 396 g/mol. The summed E-state index contributed by atoms with van der Waals surface area (Å²) in [5.74, 6) is -2.61. The molecule has 0 bridgehead atoms. The second-order valence-electron chi connectivity index (χ2n) is 6.79. The number of aliphatic carboxylic acids is 1. The number of carboxylic acid groups (broad SMARTS) is 1. The van der Waals surface area contributed by atoms with E-state index in [1.54, 1.807) is 0 Å². The number of carboxylic acids is 1. The van der Waals surface area contributed by atoms with Crippen LogP contribution >= 0.6 is 12.6 Å². The van der Waals surface area contributed by atoms with Crippen LogP contribution in [-0.2, 0) is 25.6 Å². The SMILES string of the molecule is NCC(=O)NC(CS)C(=O)NC(Cc1ccccc1)C(=O)N1CCCC1C(=O)O. The largest absolute Gasteiger partial charge is 0.480 e. The minimum absolute atomic E-state index is 0.0191. The van der Waals surface area contributed by atoms with Crippen LogP contribution < -0.4 is 16.4 Å². The van der Waals surface area contributed by atoms with Crippen molar-refractivity contribution in [1.82, 2.24) is 15.5 Å². The fraction of sp³-hybridized carbons (Fsp3) is 0.474. The summed E-state index contributed by atoms with van der Waals surface area (Å²) < 4.78 is 0. The molecule has 1 aliphatic rings. The number of rotatable bonds is 9. The van der Waals surface area contributed by atoms with Crippen LogP contribution in [0.4, 0.5) is 0 Å². The third-order valence-electron chi connectivity index (χ3n) is 4.74. The highest BCUT2D eigenvalue weighted by molar-refractivity contribution is 7.80. The van der Waals surface area contributed by atoms with Crippen LogP contribution in [0.5, 0.6) is 0 Å². The predicted molar refractivity (Wildman–Crippen MR) is 109 cm³/mol. The van der Waals surface area contributed by atoms with Crippen LogP contribution in [-0.4, -0.2) is 70.7 Å². The summed E-state index contributed by atoms with van der Waals surface area (Å²) in [6.45, 7) is 0.0366. The Labute approximate surface area is 174 Å². The van der Waals surface area contributed by atoms with E-state index in [0.717, 1.165) is 5.56 Å². The summed E-state index contributed by atoms with van der Waals surface area (Å²) in [5.41, 5.74) is 6.08. The van der Waals surface area contributed by atoms with E-state index in [1.807, 2.05) is 30.3 Å². The Balaban J connectivity index is 2.20. The monoisotopic (exact) mass is 422 g/mol. The van der Waals surface area contributed by atoms with Gasteiger partial charge in [-0.1, -0.05) is 30.3 Å². The van der Waals surface area contributed by atoms with Crippen LogP contribution in [0.15, 0.2) is 30.3 Å². The summed E-state index contributed by atoms with van der Waals surface area (Å²) in [4.78, 5) is 50.1. The molecule has 1 heterocycles. The number of carbonyl (C=O) groups excluding carboxylic acids is 3. The van der Waals surface area contributed by atoms with Crippen molar-refractivity contribution in [3.05, 3.63) is 35.9 Å². The van der Waals surface area contributed by atoms with E-state index in [2.05, 4.69) is 23.3 Å². The van der Waals surface area contributed by atoms with Crippen LogP contribution in [0.1, 0.15) is 18.4 Å². The Morgan fingerprint density at radius 3 is 2.45 bits per heavy atom. The van der Waals surface area contributed by atoms with Gasteiger partial charge in [-0.3, -0.25) is 14.4 Å². The number of amides is 3. The normalized spacial score (nSPS) is 18.0. The molecule has 3 unspecified atom stereocenters. The molecule has 0 spiro atoms. The first-order valence-electron chi connectivity index (χ1n) is 9.35. The van der Waals surface area contributed by atoms with Gasteiger partial charge >= 0.3 is 5.97 Å². The number of hydrogen-bond acceptors (Lipinski definition) is 6. The molecule has 0 radical (unpaired) electrons.